The zero-order valence-electron chi connectivity index (χ0n) is 19.7. The molecule has 3 aromatic rings. The van der Waals surface area contributed by atoms with E-state index in [-0.39, 0.29) is 17.1 Å². The number of likely N-dealkylation sites (N-methyl/N-ethyl adjacent to an activating group) is 1. The molecule has 2 aliphatic rings. The van der Waals surface area contributed by atoms with Gasteiger partial charge in [-0.3, -0.25) is 4.79 Å². The molecule has 9 heteroatoms. The molecule has 180 valence electrons. The largest absolute Gasteiger partial charge is 0.457 e. The Morgan fingerprint density at radius 3 is 2.49 bits per heavy atom. The number of morpholine rings is 1. The predicted octanol–water partition coefficient (Wildman–Crippen LogP) is 0.970. The highest BCUT2D eigenvalue weighted by atomic mass is 16.5. The zero-order valence-corrected chi connectivity index (χ0v) is 19.7. The van der Waals surface area contributed by atoms with E-state index in [1.54, 1.807) is 18.2 Å². The van der Waals surface area contributed by atoms with E-state index >= 15 is 0 Å². The standard InChI is InChI=1S/C26H27N5O4/c1-29-7-9-30(10-8-29)22-4-2-3-20-23(32)16-24(35-25(20)22)26(33)28-19-5-6-21(18(15-19)17-27)31-11-13-34-14-12-31/h2-6,15-16H,7-14H2,1H3,(H,28,33)/p+1. The van der Waals surface area contributed by atoms with E-state index in [9.17, 15) is 15.2 Å². The van der Waals surface area contributed by atoms with E-state index in [1.165, 1.54) is 6.07 Å². The fourth-order valence-electron chi connectivity index (χ4n) is 4.56. The number of benzene rings is 2. The second kappa shape index (κ2) is 9.78. The van der Waals surface area contributed by atoms with Crippen LogP contribution >= 0.6 is 0 Å². The Morgan fingerprint density at radius 1 is 1.00 bits per heavy atom. The van der Waals surface area contributed by atoms with Crippen LogP contribution in [-0.2, 0) is 4.74 Å². The summed E-state index contributed by atoms with van der Waals surface area (Å²) in [6.45, 7) is 6.16. The Bertz CT molecular complexity index is 1360. The van der Waals surface area contributed by atoms with Crippen molar-refractivity contribution in [2.45, 2.75) is 0 Å². The predicted molar refractivity (Wildman–Crippen MR) is 134 cm³/mol. The van der Waals surface area contributed by atoms with E-state index in [0.717, 1.165) is 50.6 Å². The van der Waals surface area contributed by atoms with Crippen LogP contribution in [0.3, 0.4) is 0 Å². The van der Waals surface area contributed by atoms with Crippen molar-refractivity contribution in [2.24, 2.45) is 0 Å². The van der Waals surface area contributed by atoms with Crippen LogP contribution < -0.4 is 20.2 Å². The third-order valence-electron chi connectivity index (χ3n) is 6.54. The number of aliphatic hydroxyl groups excluding tert-OH is 1. The molecule has 0 unspecified atom stereocenters. The van der Waals surface area contributed by atoms with Gasteiger partial charge in [-0.1, -0.05) is 6.07 Å². The molecule has 2 N–H and O–H groups in total. The summed E-state index contributed by atoms with van der Waals surface area (Å²) in [7, 11) is 2.09. The average Bonchev–Trinajstić information content (AvgIpc) is 2.89. The summed E-state index contributed by atoms with van der Waals surface area (Å²) in [6.07, 6.45) is 0. The van der Waals surface area contributed by atoms with Gasteiger partial charge in [0.2, 0.25) is 11.4 Å². The normalized spacial score (nSPS) is 17.5. The smallest absolute Gasteiger partial charge is 0.408 e. The lowest BCUT2D eigenvalue weighted by Gasteiger charge is -2.34. The lowest BCUT2D eigenvalue weighted by molar-refractivity contribution is -0.365. The third kappa shape index (κ3) is 4.71. The van der Waals surface area contributed by atoms with Gasteiger partial charge in [0.1, 0.15) is 6.07 Å². The second-order valence-corrected chi connectivity index (χ2v) is 8.84. The van der Waals surface area contributed by atoms with Gasteiger partial charge in [-0.25, -0.2) is 0 Å². The average molecular weight is 475 g/mol. The molecule has 0 amide bonds. The molecule has 5 rings (SSSR count). The number of nitriles is 1. The number of ether oxygens (including phenoxy) is 1. The molecular formula is C26H28N5O4+. The fraction of sp³-hybridized carbons (Fsp3) is 0.346. The summed E-state index contributed by atoms with van der Waals surface area (Å²) in [4.78, 5) is 22.3. The van der Waals surface area contributed by atoms with Crippen molar-refractivity contribution < 1.29 is 19.3 Å². The maximum atomic E-state index is 12.9. The first-order valence-corrected chi connectivity index (χ1v) is 11.7. The van der Waals surface area contributed by atoms with Crippen molar-refractivity contribution in [1.29, 1.82) is 5.26 Å². The monoisotopic (exact) mass is 474 g/mol. The molecule has 1 aromatic heterocycles. The number of aliphatic hydroxyl groups is 1. The maximum Gasteiger partial charge on any atom is 0.408 e. The number of rotatable bonds is 4. The van der Waals surface area contributed by atoms with Gasteiger partial charge in [-0.05, 0) is 25.2 Å². The second-order valence-electron chi connectivity index (χ2n) is 8.84. The lowest BCUT2D eigenvalue weighted by atomic mass is 10.1. The molecule has 35 heavy (non-hydrogen) atoms. The molecule has 0 saturated carbocycles. The quantitative estimate of drug-likeness (QED) is 0.426. The Morgan fingerprint density at radius 2 is 1.74 bits per heavy atom. The molecule has 3 heterocycles. The van der Waals surface area contributed by atoms with Gasteiger partial charge in [-0.2, -0.15) is 10.3 Å². The molecule has 2 aliphatic heterocycles. The first-order valence-electron chi connectivity index (χ1n) is 11.7. The Kier molecular flexibility index (Phi) is 6.40. The number of para-hydroxylation sites is 1. The summed E-state index contributed by atoms with van der Waals surface area (Å²) in [5.74, 6) is -0.250. The summed E-state index contributed by atoms with van der Waals surface area (Å²) in [5, 5.41) is 21.0. The van der Waals surface area contributed by atoms with E-state index in [0.29, 0.717) is 35.4 Å². The van der Waals surface area contributed by atoms with Gasteiger partial charge in [0.25, 0.3) is 0 Å². The minimum absolute atomic E-state index is 0.0415. The minimum Gasteiger partial charge on any atom is -0.457 e. The number of piperazine rings is 1. The summed E-state index contributed by atoms with van der Waals surface area (Å²) >= 11 is 0. The summed E-state index contributed by atoms with van der Waals surface area (Å²) in [6, 6.07) is 14.4. The maximum absolute atomic E-state index is 12.9. The number of fused-ring (bicyclic) bond motifs is 1. The van der Waals surface area contributed by atoms with Crippen molar-refractivity contribution in [3.63, 3.8) is 0 Å². The molecule has 9 nitrogen and oxygen atoms in total. The fourth-order valence-corrected chi connectivity index (χ4v) is 4.56. The number of hydrogen-bond acceptors (Lipinski definition) is 7. The number of anilines is 2. The molecule has 2 aromatic carbocycles. The first kappa shape index (κ1) is 22.9. The molecule has 2 fully saturated rings. The van der Waals surface area contributed by atoms with Crippen molar-refractivity contribution in [3.05, 3.63) is 64.0 Å². The van der Waals surface area contributed by atoms with Crippen LogP contribution in [-0.4, -0.2) is 75.4 Å². The Labute approximate surface area is 203 Å². The first-order chi connectivity index (χ1) is 17.0. The molecular weight excluding hydrogens is 446 g/mol. The van der Waals surface area contributed by atoms with Crippen molar-refractivity contribution in [1.82, 2.24) is 4.90 Å². The Hall–Kier alpha value is -3.87. The van der Waals surface area contributed by atoms with E-state index < -0.39 is 0 Å². The van der Waals surface area contributed by atoms with E-state index in [2.05, 4.69) is 32.8 Å². The highest BCUT2D eigenvalue weighted by Crippen LogP contribution is 2.27. The van der Waals surface area contributed by atoms with Crippen molar-refractivity contribution in [3.8, 4) is 6.07 Å². The van der Waals surface area contributed by atoms with Crippen LogP contribution in [0.2, 0.25) is 0 Å². The lowest BCUT2D eigenvalue weighted by Crippen LogP contribution is -2.66. The van der Waals surface area contributed by atoms with Crippen LogP contribution in [0.25, 0.3) is 11.0 Å². The van der Waals surface area contributed by atoms with Crippen LogP contribution in [0.5, 0.6) is 0 Å². The zero-order chi connectivity index (χ0) is 24.4. The number of hydrogen-bond donors (Lipinski definition) is 2. The van der Waals surface area contributed by atoms with E-state index in [1.807, 2.05) is 18.2 Å². The van der Waals surface area contributed by atoms with Gasteiger partial charge < -0.3 is 29.0 Å². The molecule has 0 bridgehead atoms. The van der Waals surface area contributed by atoms with Crippen molar-refractivity contribution >= 4 is 33.9 Å². The molecule has 0 radical (unpaired) electrons. The van der Waals surface area contributed by atoms with Crippen LogP contribution in [0.15, 0.2) is 51.7 Å². The summed E-state index contributed by atoms with van der Waals surface area (Å²) < 4.78 is 11.5. The highest BCUT2D eigenvalue weighted by molar-refractivity contribution is 5.93. The minimum atomic E-state index is -0.291. The van der Waals surface area contributed by atoms with E-state index in [4.69, 9.17) is 9.15 Å². The topological polar surface area (TPSA) is 107 Å². The van der Waals surface area contributed by atoms with Crippen LogP contribution in [0.1, 0.15) is 11.3 Å². The van der Waals surface area contributed by atoms with Gasteiger partial charge >= 0.3 is 5.90 Å². The van der Waals surface area contributed by atoms with Gasteiger partial charge in [0, 0.05) is 57.5 Å². The molecule has 0 aliphatic carbocycles. The number of nitrogens with zero attached hydrogens (tertiary/aromatic N) is 4. The summed E-state index contributed by atoms with van der Waals surface area (Å²) in [5.41, 5.74) is 2.89. The Balaban J connectivity index is 1.49. The van der Waals surface area contributed by atoms with Crippen LogP contribution in [0.4, 0.5) is 17.1 Å². The SMILES string of the molecule is CN1CCN(c2cccc3c(=O)cc(C(O)=[NH+]c4ccc(N5CCOCC5)c(C#N)c4)oc23)CC1. The molecule has 2 saturated heterocycles. The van der Waals surface area contributed by atoms with Crippen LogP contribution in [0, 0.1) is 11.3 Å². The number of nitrogens with one attached hydrogen (secondary N) is 1. The van der Waals surface area contributed by atoms with Crippen molar-refractivity contribution in [2.75, 3.05) is 69.3 Å². The van der Waals surface area contributed by atoms with Gasteiger partial charge in [-0.15, -0.1) is 0 Å². The highest BCUT2D eigenvalue weighted by Gasteiger charge is 2.22. The molecule has 0 spiro atoms. The van der Waals surface area contributed by atoms with Gasteiger partial charge in [0.15, 0.2) is 11.0 Å². The molecule has 0 atom stereocenters. The van der Waals surface area contributed by atoms with Gasteiger partial charge in [0.05, 0.1) is 35.5 Å². The third-order valence-corrected chi connectivity index (χ3v) is 6.54.